The standard InChI is InChI=1S/C22H37N5O4S/c1-22(8-9-22)24-32(30,31)17-6-7-19-18(10-17)20(28)27(14-16-11-23-25(2)12-16)21(29)26(19)13-15-4-3-5-15/h15-19,23-24H,3-14H2,1-2H3. The van der Waals surface area contributed by atoms with Gasteiger partial charge in [0.1, 0.15) is 0 Å². The van der Waals surface area contributed by atoms with Gasteiger partial charge in [0, 0.05) is 50.7 Å². The molecule has 3 saturated carbocycles. The summed E-state index contributed by atoms with van der Waals surface area (Å²) in [5, 5.41) is 1.43. The summed E-state index contributed by atoms with van der Waals surface area (Å²) in [5.41, 5.74) is 2.93. The van der Waals surface area contributed by atoms with Gasteiger partial charge in [0.05, 0.1) is 11.2 Å². The molecule has 2 saturated heterocycles. The molecule has 0 aromatic carbocycles. The maximum Gasteiger partial charge on any atom is 0.326 e. The highest BCUT2D eigenvalue weighted by Crippen LogP contribution is 2.41. The molecule has 10 heteroatoms. The van der Waals surface area contributed by atoms with Crippen molar-refractivity contribution in [3.05, 3.63) is 0 Å². The minimum Gasteiger partial charge on any atom is -0.320 e. The first-order valence-electron chi connectivity index (χ1n) is 12.2. The summed E-state index contributed by atoms with van der Waals surface area (Å²) in [6.45, 7) is 4.56. The first kappa shape index (κ1) is 22.6. The molecule has 4 atom stereocenters. The Bertz CT molecular complexity index is 872. The zero-order valence-electron chi connectivity index (χ0n) is 19.3. The molecule has 0 radical (unpaired) electrons. The maximum absolute atomic E-state index is 13.6. The number of urea groups is 1. The van der Waals surface area contributed by atoms with E-state index < -0.39 is 21.2 Å². The summed E-state index contributed by atoms with van der Waals surface area (Å²) in [7, 11) is -1.53. The molecule has 0 spiro atoms. The van der Waals surface area contributed by atoms with Gasteiger partial charge in [-0.05, 0) is 57.8 Å². The van der Waals surface area contributed by atoms with E-state index >= 15 is 0 Å². The first-order chi connectivity index (χ1) is 15.2. The average Bonchev–Trinajstić information content (AvgIpc) is 3.27. The van der Waals surface area contributed by atoms with Crippen molar-refractivity contribution in [2.75, 3.05) is 33.2 Å². The Labute approximate surface area is 191 Å². The number of nitrogens with one attached hydrogen (secondary N) is 2. The lowest BCUT2D eigenvalue weighted by atomic mass is 9.78. The predicted molar refractivity (Wildman–Crippen MR) is 120 cm³/mol. The summed E-state index contributed by atoms with van der Waals surface area (Å²) in [5.74, 6) is 0.0978. The molecule has 5 fully saturated rings. The van der Waals surface area contributed by atoms with Crippen molar-refractivity contribution in [1.29, 1.82) is 0 Å². The lowest BCUT2D eigenvalue weighted by Crippen LogP contribution is -2.65. The SMILES string of the molecule is CN1CC(CN2C(=O)C3CC(S(=O)(=O)NC4(C)CC4)CCC3N(CC3CCC3)C2=O)CN1. The summed E-state index contributed by atoms with van der Waals surface area (Å²) in [4.78, 5) is 30.4. The van der Waals surface area contributed by atoms with E-state index in [1.807, 2.05) is 23.9 Å². The number of nitrogens with zero attached hydrogens (tertiary/aromatic N) is 3. The van der Waals surface area contributed by atoms with E-state index in [1.54, 1.807) is 0 Å². The molecule has 2 N–H and O–H groups in total. The molecule has 32 heavy (non-hydrogen) atoms. The second-order valence-electron chi connectivity index (χ2n) is 11.1. The van der Waals surface area contributed by atoms with Crippen LogP contribution in [-0.2, 0) is 14.8 Å². The van der Waals surface area contributed by atoms with Crippen LogP contribution in [-0.4, -0.2) is 85.2 Å². The number of sulfonamides is 1. The molecule has 3 aliphatic carbocycles. The largest absolute Gasteiger partial charge is 0.326 e. The molecule has 180 valence electrons. The van der Waals surface area contributed by atoms with Gasteiger partial charge in [-0.1, -0.05) is 6.42 Å². The van der Waals surface area contributed by atoms with Crippen molar-refractivity contribution in [2.45, 2.75) is 75.1 Å². The van der Waals surface area contributed by atoms with E-state index in [1.165, 1.54) is 11.3 Å². The molecule has 0 aromatic heterocycles. The fraction of sp³-hybridized carbons (Fsp3) is 0.909. The minimum atomic E-state index is -3.49. The van der Waals surface area contributed by atoms with Crippen LogP contribution in [0.5, 0.6) is 0 Å². The topological polar surface area (TPSA) is 102 Å². The van der Waals surface area contributed by atoms with Gasteiger partial charge in [0.15, 0.2) is 0 Å². The van der Waals surface area contributed by atoms with Crippen LogP contribution in [0.3, 0.4) is 0 Å². The zero-order chi connectivity index (χ0) is 22.7. The van der Waals surface area contributed by atoms with Gasteiger partial charge < -0.3 is 4.90 Å². The zero-order valence-corrected chi connectivity index (χ0v) is 20.1. The Hall–Kier alpha value is -1.23. The van der Waals surface area contributed by atoms with Crippen LogP contribution in [0.4, 0.5) is 4.79 Å². The summed E-state index contributed by atoms with van der Waals surface area (Å²) >= 11 is 0. The van der Waals surface area contributed by atoms with Crippen LogP contribution in [0.25, 0.3) is 0 Å². The van der Waals surface area contributed by atoms with E-state index in [4.69, 9.17) is 0 Å². The number of carbonyl (C=O) groups is 2. The second-order valence-corrected chi connectivity index (χ2v) is 13.1. The third-order valence-electron chi connectivity index (χ3n) is 8.36. The highest BCUT2D eigenvalue weighted by atomic mass is 32.2. The van der Waals surface area contributed by atoms with Crippen LogP contribution in [0.1, 0.15) is 58.3 Å². The van der Waals surface area contributed by atoms with E-state index in [9.17, 15) is 18.0 Å². The quantitative estimate of drug-likeness (QED) is 0.582. The average molecular weight is 468 g/mol. The minimum absolute atomic E-state index is 0.164. The molecule has 5 rings (SSSR count). The van der Waals surface area contributed by atoms with Gasteiger partial charge in [-0.15, -0.1) is 0 Å². The van der Waals surface area contributed by atoms with E-state index in [-0.39, 0.29) is 29.4 Å². The molecular formula is C22H37N5O4S. The highest BCUT2D eigenvalue weighted by Gasteiger charge is 2.52. The number of hydrogen-bond acceptors (Lipinski definition) is 6. The van der Waals surface area contributed by atoms with E-state index in [0.29, 0.717) is 38.3 Å². The van der Waals surface area contributed by atoms with E-state index in [0.717, 1.165) is 38.8 Å². The summed E-state index contributed by atoms with van der Waals surface area (Å²) in [6, 6.07) is -0.332. The van der Waals surface area contributed by atoms with Crippen LogP contribution in [0.15, 0.2) is 0 Å². The van der Waals surface area contributed by atoms with Crippen molar-refractivity contribution in [3.8, 4) is 0 Å². The Morgan fingerprint density at radius 1 is 1.09 bits per heavy atom. The molecule has 3 amide bonds. The van der Waals surface area contributed by atoms with E-state index in [2.05, 4.69) is 10.1 Å². The van der Waals surface area contributed by atoms with Crippen LogP contribution >= 0.6 is 0 Å². The fourth-order valence-electron chi connectivity index (χ4n) is 5.86. The fourth-order valence-corrected chi connectivity index (χ4v) is 7.83. The van der Waals surface area contributed by atoms with Crippen LogP contribution in [0.2, 0.25) is 0 Å². The van der Waals surface area contributed by atoms with Gasteiger partial charge in [0.25, 0.3) is 0 Å². The molecule has 5 aliphatic rings. The maximum atomic E-state index is 13.6. The lowest BCUT2D eigenvalue weighted by molar-refractivity contribution is -0.141. The highest BCUT2D eigenvalue weighted by molar-refractivity contribution is 7.90. The molecule has 2 heterocycles. The predicted octanol–water partition coefficient (Wildman–Crippen LogP) is 1.13. The van der Waals surface area contributed by atoms with Gasteiger partial charge in [-0.25, -0.2) is 22.9 Å². The number of hydrogen-bond donors (Lipinski definition) is 2. The molecule has 0 aromatic rings. The number of amides is 3. The number of rotatable bonds is 7. The molecular weight excluding hydrogens is 430 g/mol. The number of fused-ring (bicyclic) bond motifs is 1. The number of hydrazine groups is 1. The van der Waals surface area contributed by atoms with Crippen molar-refractivity contribution in [3.63, 3.8) is 0 Å². The number of carbonyl (C=O) groups excluding carboxylic acids is 2. The van der Waals surface area contributed by atoms with Gasteiger partial charge >= 0.3 is 6.03 Å². The van der Waals surface area contributed by atoms with Crippen molar-refractivity contribution in [2.24, 2.45) is 17.8 Å². The van der Waals surface area contributed by atoms with Gasteiger partial charge in [-0.2, -0.15) is 0 Å². The smallest absolute Gasteiger partial charge is 0.320 e. The lowest BCUT2D eigenvalue weighted by Gasteiger charge is -2.50. The van der Waals surface area contributed by atoms with Gasteiger partial charge in [-0.3, -0.25) is 15.1 Å². The summed E-state index contributed by atoms with van der Waals surface area (Å²) in [6.07, 6.45) is 6.59. The monoisotopic (exact) mass is 467 g/mol. The third kappa shape index (κ3) is 4.31. The second kappa shape index (κ2) is 8.21. The molecule has 4 unspecified atom stereocenters. The third-order valence-corrected chi connectivity index (χ3v) is 10.4. The number of imide groups is 1. The van der Waals surface area contributed by atoms with Crippen molar-refractivity contribution >= 4 is 22.0 Å². The van der Waals surface area contributed by atoms with Crippen LogP contribution < -0.4 is 10.1 Å². The molecule has 9 nitrogen and oxygen atoms in total. The first-order valence-corrected chi connectivity index (χ1v) is 13.8. The molecule has 2 aliphatic heterocycles. The normalized spacial score (nSPS) is 35.7. The Kier molecular flexibility index (Phi) is 5.79. The Morgan fingerprint density at radius 3 is 2.44 bits per heavy atom. The Balaban J connectivity index is 1.35. The summed E-state index contributed by atoms with van der Waals surface area (Å²) < 4.78 is 29.0. The van der Waals surface area contributed by atoms with Gasteiger partial charge in [0.2, 0.25) is 15.9 Å². The molecule has 0 bridgehead atoms. The Morgan fingerprint density at radius 2 is 1.84 bits per heavy atom. The van der Waals surface area contributed by atoms with Crippen LogP contribution in [0, 0.1) is 17.8 Å². The van der Waals surface area contributed by atoms with Crippen molar-refractivity contribution < 1.29 is 18.0 Å². The van der Waals surface area contributed by atoms with Crippen molar-refractivity contribution in [1.82, 2.24) is 25.0 Å².